The highest BCUT2D eigenvalue weighted by Gasteiger charge is 2.58. The Balaban J connectivity index is 2.14. The van der Waals surface area contributed by atoms with E-state index < -0.39 is 23.5 Å². The molecular weight excluding hydrogens is 316 g/mol. The van der Waals surface area contributed by atoms with E-state index in [4.69, 9.17) is 4.74 Å². The molecule has 128 valence electrons. The van der Waals surface area contributed by atoms with Gasteiger partial charge in [0.25, 0.3) is 5.92 Å². The Hall–Kier alpha value is -2.24. The number of carbonyl (C=O) groups is 2. The van der Waals surface area contributed by atoms with Crippen LogP contribution in [0.4, 0.5) is 13.6 Å². The predicted molar refractivity (Wildman–Crippen MR) is 86.0 cm³/mol. The molecule has 1 heterocycles. The number of aromatic nitrogens is 1. The molecule has 2 aromatic rings. The minimum atomic E-state index is -2.76. The van der Waals surface area contributed by atoms with Gasteiger partial charge in [0.05, 0.1) is 11.4 Å². The second-order valence-electron chi connectivity index (χ2n) is 7.26. The van der Waals surface area contributed by atoms with E-state index in [-0.39, 0.29) is 12.0 Å². The lowest BCUT2D eigenvalue weighted by Gasteiger charge is -2.20. The molecule has 6 heteroatoms. The number of carbonyl (C=O) groups excluding carboxylic acids is 2. The molecule has 1 aliphatic carbocycles. The summed E-state index contributed by atoms with van der Waals surface area (Å²) in [6.07, 6.45) is 1.28. The van der Waals surface area contributed by atoms with Gasteiger partial charge in [0.2, 0.25) is 0 Å². The van der Waals surface area contributed by atoms with Crippen LogP contribution in [0.25, 0.3) is 10.9 Å². The summed E-state index contributed by atoms with van der Waals surface area (Å²) in [6.45, 7) is 7.01. The Morgan fingerprint density at radius 1 is 1.42 bits per heavy atom. The fourth-order valence-corrected chi connectivity index (χ4v) is 3.02. The maximum atomic E-state index is 13.5. The second kappa shape index (κ2) is 5.13. The standard InChI is InChI=1S/C18H19F2NO3/c1-10-7-12(14-8-18(14,19)20)13(9-22)11-5-6-21(15(10)11)16(23)24-17(2,3)4/h5-7,9,14H,8H2,1-4H3. The molecule has 1 unspecified atom stereocenters. The van der Waals surface area contributed by atoms with E-state index in [0.29, 0.717) is 28.3 Å². The highest BCUT2D eigenvalue weighted by atomic mass is 19.3. The molecule has 24 heavy (non-hydrogen) atoms. The number of aryl methyl sites for hydroxylation is 1. The van der Waals surface area contributed by atoms with Crippen molar-refractivity contribution in [3.63, 3.8) is 0 Å². The summed E-state index contributed by atoms with van der Waals surface area (Å²) in [7, 11) is 0. The molecule has 0 aliphatic heterocycles. The Morgan fingerprint density at radius 3 is 2.54 bits per heavy atom. The van der Waals surface area contributed by atoms with E-state index in [1.807, 2.05) is 0 Å². The highest BCUT2D eigenvalue weighted by molar-refractivity contribution is 6.03. The minimum Gasteiger partial charge on any atom is -0.443 e. The van der Waals surface area contributed by atoms with Gasteiger partial charge in [0, 0.05) is 23.6 Å². The fraction of sp³-hybridized carbons (Fsp3) is 0.444. The lowest BCUT2D eigenvalue weighted by atomic mass is 9.97. The van der Waals surface area contributed by atoms with Crippen molar-refractivity contribution in [2.75, 3.05) is 0 Å². The van der Waals surface area contributed by atoms with Crippen molar-refractivity contribution in [3.05, 3.63) is 35.0 Å². The number of nitrogens with zero attached hydrogens (tertiary/aromatic N) is 1. The summed E-state index contributed by atoms with van der Waals surface area (Å²) in [4.78, 5) is 23.9. The Labute approximate surface area is 138 Å². The third-order valence-corrected chi connectivity index (χ3v) is 4.14. The maximum Gasteiger partial charge on any atom is 0.419 e. The van der Waals surface area contributed by atoms with E-state index in [1.165, 1.54) is 10.8 Å². The molecule has 3 rings (SSSR count). The van der Waals surface area contributed by atoms with Crippen molar-refractivity contribution in [2.24, 2.45) is 0 Å². The first-order chi connectivity index (χ1) is 11.0. The molecule has 1 saturated carbocycles. The van der Waals surface area contributed by atoms with Crippen molar-refractivity contribution < 1.29 is 23.1 Å². The second-order valence-corrected chi connectivity index (χ2v) is 7.26. The van der Waals surface area contributed by atoms with Gasteiger partial charge < -0.3 is 4.74 Å². The number of benzene rings is 1. The summed E-state index contributed by atoms with van der Waals surface area (Å²) < 4.78 is 33.6. The lowest BCUT2D eigenvalue weighted by Crippen LogP contribution is -2.26. The van der Waals surface area contributed by atoms with Crippen molar-refractivity contribution >= 4 is 23.3 Å². The first-order valence-electron chi connectivity index (χ1n) is 7.76. The maximum absolute atomic E-state index is 13.5. The van der Waals surface area contributed by atoms with Gasteiger partial charge in [-0.25, -0.2) is 13.6 Å². The zero-order valence-corrected chi connectivity index (χ0v) is 14.0. The van der Waals surface area contributed by atoms with Crippen LogP contribution in [0.15, 0.2) is 18.3 Å². The monoisotopic (exact) mass is 335 g/mol. The molecule has 0 radical (unpaired) electrons. The number of hydrogen-bond acceptors (Lipinski definition) is 3. The summed E-state index contributed by atoms with van der Waals surface area (Å²) >= 11 is 0. The van der Waals surface area contributed by atoms with Crippen LogP contribution in [-0.4, -0.2) is 28.5 Å². The average molecular weight is 335 g/mol. The van der Waals surface area contributed by atoms with Gasteiger partial charge in [0.1, 0.15) is 5.60 Å². The van der Waals surface area contributed by atoms with Gasteiger partial charge in [0.15, 0.2) is 6.29 Å². The number of ether oxygens (including phenoxy) is 1. The van der Waals surface area contributed by atoms with Crippen LogP contribution in [0.1, 0.15) is 54.6 Å². The summed E-state index contributed by atoms with van der Waals surface area (Å²) in [6, 6.07) is 3.18. The topological polar surface area (TPSA) is 48.3 Å². The van der Waals surface area contributed by atoms with E-state index >= 15 is 0 Å². The van der Waals surface area contributed by atoms with Crippen molar-refractivity contribution in [2.45, 2.75) is 51.6 Å². The van der Waals surface area contributed by atoms with Crippen LogP contribution in [0.2, 0.25) is 0 Å². The molecule has 0 bridgehead atoms. The molecule has 0 amide bonds. The molecule has 0 saturated heterocycles. The number of alkyl halides is 2. The number of rotatable bonds is 2. The summed E-state index contributed by atoms with van der Waals surface area (Å²) in [5.74, 6) is -3.68. The molecule has 1 aromatic heterocycles. The van der Waals surface area contributed by atoms with Crippen molar-refractivity contribution in [1.82, 2.24) is 4.57 Å². The third kappa shape index (κ3) is 2.70. The first kappa shape index (κ1) is 16.6. The Kier molecular flexibility index (Phi) is 3.55. The van der Waals surface area contributed by atoms with Crippen LogP contribution in [-0.2, 0) is 4.74 Å². The number of hydrogen-bond donors (Lipinski definition) is 0. The quantitative estimate of drug-likeness (QED) is 0.750. The Bertz CT molecular complexity index is 846. The SMILES string of the molecule is Cc1cc(C2CC2(F)F)c(C=O)c2ccn(C(=O)OC(C)(C)C)c12. The van der Waals surface area contributed by atoms with Gasteiger partial charge >= 0.3 is 6.09 Å². The molecular formula is C18H19F2NO3. The van der Waals surface area contributed by atoms with Gasteiger partial charge in [-0.05, 0) is 44.9 Å². The number of fused-ring (bicyclic) bond motifs is 1. The summed E-state index contributed by atoms with van der Waals surface area (Å²) in [5.41, 5.74) is 1.08. The van der Waals surface area contributed by atoms with E-state index in [1.54, 1.807) is 39.8 Å². The smallest absolute Gasteiger partial charge is 0.419 e. The van der Waals surface area contributed by atoms with E-state index in [9.17, 15) is 18.4 Å². The largest absolute Gasteiger partial charge is 0.443 e. The van der Waals surface area contributed by atoms with Crippen molar-refractivity contribution in [1.29, 1.82) is 0 Å². The zero-order chi connectivity index (χ0) is 17.9. The molecule has 1 aromatic carbocycles. The van der Waals surface area contributed by atoms with Crippen LogP contribution in [0, 0.1) is 6.92 Å². The van der Waals surface area contributed by atoms with Gasteiger partial charge in [-0.15, -0.1) is 0 Å². The minimum absolute atomic E-state index is 0.222. The lowest BCUT2D eigenvalue weighted by molar-refractivity contribution is 0.0544. The molecule has 4 nitrogen and oxygen atoms in total. The van der Waals surface area contributed by atoms with E-state index in [0.717, 1.165) is 0 Å². The fourth-order valence-electron chi connectivity index (χ4n) is 3.02. The van der Waals surface area contributed by atoms with Gasteiger partial charge in [-0.3, -0.25) is 9.36 Å². The van der Waals surface area contributed by atoms with Gasteiger partial charge in [-0.2, -0.15) is 0 Å². The molecule has 1 fully saturated rings. The average Bonchev–Trinajstić information content (AvgIpc) is 2.89. The Morgan fingerprint density at radius 2 is 2.04 bits per heavy atom. The van der Waals surface area contributed by atoms with Crippen molar-refractivity contribution in [3.8, 4) is 0 Å². The predicted octanol–water partition coefficient (Wildman–Crippen LogP) is 4.67. The molecule has 0 spiro atoms. The third-order valence-electron chi connectivity index (χ3n) is 4.14. The number of aldehydes is 1. The van der Waals surface area contributed by atoms with Crippen LogP contribution >= 0.6 is 0 Å². The van der Waals surface area contributed by atoms with Gasteiger partial charge in [-0.1, -0.05) is 6.07 Å². The van der Waals surface area contributed by atoms with Crippen LogP contribution in [0.5, 0.6) is 0 Å². The number of halogens is 2. The highest BCUT2D eigenvalue weighted by Crippen LogP contribution is 2.57. The molecule has 1 aliphatic rings. The summed E-state index contributed by atoms with van der Waals surface area (Å²) in [5, 5.41) is 0.494. The first-order valence-corrected chi connectivity index (χ1v) is 7.76. The van der Waals surface area contributed by atoms with Crippen LogP contribution < -0.4 is 0 Å². The van der Waals surface area contributed by atoms with Crippen LogP contribution in [0.3, 0.4) is 0 Å². The molecule has 1 atom stereocenters. The zero-order valence-electron chi connectivity index (χ0n) is 14.0. The van der Waals surface area contributed by atoms with E-state index in [2.05, 4.69) is 0 Å². The normalized spacial score (nSPS) is 19.3. The molecule has 0 N–H and O–H groups in total.